The number of thioether (sulfide) groups is 1. The number of rotatable bonds is 6. The number of carbonyl (C=O) groups excluding carboxylic acids is 1. The van der Waals surface area contributed by atoms with Crippen LogP contribution in [0.2, 0.25) is 5.02 Å². The number of para-hydroxylation sites is 1. The number of hydrogen-bond donors (Lipinski definition) is 2. The molecule has 0 fully saturated rings. The number of anilines is 1. The monoisotopic (exact) mass is 457 g/mol. The molecule has 1 aromatic heterocycles. The normalized spacial score (nSPS) is 17.5. The predicted octanol–water partition coefficient (Wildman–Crippen LogP) is 4.46. The first-order chi connectivity index (χ1) is 15.0. The second kappa shape index (κ2) is 9.20. The van der Waals surface area contributed by atoms with Gasteiger partial charge in [-0.15, -0.1) is 10.2 Å². The molecule has 31 heavy (non-hydrogen) atoms. The van der Waals surface area contributed by atoms with E-state index in [1.54, 1.807) is 7.11 Å². The highest BCUT2D eigenvalue weighted by Gasteiger charge is 2.38. The highest BCUT2D eigenvalue weighted by molar-refractivity contribution is 8.00. The average molecular weight is 458 g/mol. The second-order valence-corrected chi connectivity index (χ2v) is 8.64. The van der Waals surface area contributed by atoms with Gasteiger partial charge in [0, 0.05) is 12.1 Å². The number of carbonyl (C=O) groups is 1. The fourth-order valence-corrected chi connectivity index (χ4v) is 4.97. The summed E-state index contributed by atoms with van der Waals surface area (Å²) in [5.41, 5.74) is 6.22. The summed E-state index contributed by atoms with van der Waals surface area (Å²) in [6.45, 7) is 4.09. The number of hydrogen-bond acceptors (Lipinski definition) is 6. The first-order valence-electron chi connectivity index (χ1n) is 10.1. The summed E-state index contributed by atoms with van der Waals surface area (Å²) in [5, 5.41) is 12.3. The first kappa shape index (κ1) is 21.5. The summed E-state index contributed by atoms with van der Waals surface area (Å²) in [5.74, 6) is 1.29. The van der Waals surface area contributed by atoms with Crippen LogP contribution in [0.15, 0.2) is 47.6 Å². The van der Waals surface area contributed by atoms with Gasteiger partial charge in [0.25, 0.3) is 0 Å². The number of aromatic nitrogens is 3. The molecule has 1 amide bonds. The van der Waals surface area contributed by atoms with Crippen molar-refractivity contribution < 1.29 is 9.53 Å². The molecule has 3 aromatic rings. The van der Waals surface area contributed by atoms with E-state index in [2.05, 4.69) is 27.9 Å². The van der Waals surface area contributed by atoms with E-state index in [4.69, 9.17) is 16.3 Å². The van der Waals surface area contributed by atoms with Crippen LogP contribution in [0.5, 0.6) is 5.75 Å². The number of nitrogens with zero attached hydrogens (tertiary/aromatic N) is 3. The third kappa shape index (κ3) is 4.22. The van der Waals surface area contributed by atoms with Gasteiger partial charge in [-0.25, -0.2) is 4.68 Å². The summed E-state index contributed by atoms with van der Waals surface area (Å²) in [4.78, 5) is 13.4. The summed E-state index contributed by atoms with van der Waals surface area (Å²) in [7, 11) is 1.58. The number of ether oxygens (including phenoxy) is 1. The van der Waals surface area contributed by atoms with Crippen LogP contribution in [-0.4, -0.2) is 33.1 Å². The molecule has 4 rings (SSSR count). The van der Waals surface area contributed by atoms with Crippen molar-refractivity contribution in [2.45, 2.75) is 43.1 Å². The van der Waals surface area contributed by atoms with Gasteiger partial charge in [-0.05, 0) is 35.7 Å². The smallest absolute Gasteiger partial charge is 0.240 e. The Balaban J connectivity index is 1.70. The number of amides is 1. The molecule has 0 spiro atoms. The number of benzene rings is 2. The van der Waals surface area contributed by atoms with Crippen LogP contribution in [0.3, 0.4) is 0 Å². The molecular weight excluding hydrogens is 434 g/mol. The van der Waals surface area contributed by atoms with E-state index < -0.39 is 5.25 Å². The number of methoxy groups -OCH3 is 1. The molecule has 1 aliphatic heterocycles. The van der Waals surface area contributed by atoms with Gasteiger partial charge >= 0.3 is 0 Å². The molecule has 0 saturated heterocycles. The maximum Gasteiger partial charge on any atom is 0.240 e. The number of nitrogens with one attached hydrogen (secondary N) is 2. The lowest BCUT2D eigenvalue weighted by atomic mass is 10.0. The van der Waals surface area contributed by atoms with Gasteiger partial charge in [0.1, 0.15) is 11.0 Å². The third-order valence-electron chi connectivity index (χ3n) is 5.27. The molecular formula is C22H24ClN5O2S. The Hall–Kier alpha value is -2.71. The van der Waals surface area contributed by atoms with Crippen molar-refractivity contribution in [3.63, 3.8) is 0 Å². The van der Waals surface area contributed by atoms with Crippen LogP contribution in [0.25, 0.3) is 0 Å². The Kier molecular flexibility index (Phi) is 6.38. The van der Waals surface area contributed by atoms with Crippen molar-refractivity contribution >= 4 is 35.0 Å². The van der Waals surface area contributed by atoms with Crippen molar-refractivity contribution in [3.05, 3.63) is 64.4 Å². The molecule has 0 aliphatic carbocycles. The van der Waals surface area contributed by atoms with Crippen LogP contribution in [0, 0.1) is 0 Å². The lowest BCUT2D eigenvalue weighted by molar-refractivity contribution is -0.116. The van der Waals surface area contributed by atoms with Crippen LogP contribution in [0.1, 0.15) is 36.8 Å². The van der Waals surface area contributed by atoms with Crippen molar-refractivity contribution in [3.8, 4) is 5.75 Å². The van der Waals surface area contributed by atoms with Crippen LogP contribution in [-0.2, 0) is 17.6 Å². The summed E-state index contributed by atoms with van der Waals surface area (Å²) >= 11 is 7.78. The van der Waals surface area contributed by atoms with E-state index in [9.17, 15) is 4.79 Å². The number of fused-ring (bicyclic) bond motifs is 1. The molecule has 0 saturated carbocycles. The summed E-state index contributed by atoms with van der Waals surface area (Å²) < 4.78 is 7.14. The molecule has 162 valence electrons. The van der Waals surface area contributed by atoms with Gasteiger partial charge in [-0.3, -0.25) is 4.79 Å². The van der Waals surface area contributed by atoms with E-state index in [1.807, 2.05) is 54.1 Å². The lowest BCUT2D eigenvalue weighted by Crippen LogP contribution is -2.41. The zero-order valence-corrected chi connectivity index (χ0v) is 19.1. The van der Waals surface area contributed by atoms with E-state index in [-0.39, 0.29) is 11.9 Å². The van der Waals surface area contributed by atoms with Gasteiger partial charge < -0.3 is 15.5 Å². The minimum absolute atomic E-state index is 0.109. The topological polar surface area (TPSA) is 81.1 Å². The zero-order chi connectivity index (χ0) is 22.0. The van der Waals surface area contributed by atoms with Gasteiger partial charge in [0.15, 0.2) is 5.82 Å². The van der Waals surface area contributed by atoms with Crippen LogP contribution >= 0.6 is 23.4 Å². The van der Waals surface area contributed by atoms with Crippen LogP contribution in [0.4, 0.5) is 5.69 Å². The predicted molar refractivity (Wildman–Crippen MR) is 124 cm³/mol. The fraction of sp³-hybridized carbons (Fsp3) is 0.318. The van der Waals surface area contributed by atoms with Crippen molar-refractivity contribution in [2.75, 3.05) is 17.9 Å². The minimum Gasteiger partial charge on any atom is -0.495 e. The van der Waals surface area contributed by atoms with Crippen molar-refractivity contribution in [1.29, 1.82) is 0 Å². The molecule has 2 aromatic carbocycles. The SMILES string of the molecule is CCc1ccccc1NC(=O)[C@H]1Sc2nnc(CC)n2N[C@@H]1c1ccc(OC)c(Cl)c1. The Labute approximate surface area is 190 Å². The molecule has 2 N–H and O–H groups in total. The van der Waals surface area contributed by atoms with Gasteiger partial charge in [-0.2, -0.15) is 0 Å². The Morgan fingerprint density at radius 3 is 2.74 bits per heavy atom. The Morgan fingerprint density at radius 2 is 2.03 bits per heavy atom. The minimum atomic E-state index is -0.476. The molecule has 0 unspecified atom stereocenters. The molecule has 9 heteroatoms. The van der Waals surface area contributed by atoms with Crippen molar-refractivity contribution in [2.24, 2.45) is 0 Å². The molecule has 2 heterocycles. The van der Waals surface area contributed by atoms with Crippen LogP contribution < -0.4 is 15.5 Å². The fourth-order valence-electron chi connectivity index (χ4n) is 3.61. The molecule has 7 nitrogen and oxygen atoms in total. The molecule has 0 radical (unpaired) electrons. The highest BCUT2D eigenvalue weighted by Crippen LogP contribution is 2.39. The maximum absolute atomic E-state index is 13.4. The molecule has 0 bridgehead atoms. The lowest BCUT2D eigenvalue weighted by Gasteiger charge is -2.33. The second-order valence-electron chi connectivity index (χ2n) is 7.13. The van der Waals surface area contributed by atoms with E-state index in [0.29, 0.717) is 15.9 Å². The molecule has 1 aliphatic rings. The zero-order valence-electron chi connectivity index (χ0n) is 17.6. The van der Waals surface area contributed by atoms with E-state index in [1.165, 1.54) is 11.8 Å². The van der Waals surface area contributed by atoms with E-state index >= 15 is 0 Å². The maximum atomic E-state index is 13.4. The first-order valence-corrected chi connectivity index (χ1v) is 11.4. The quantitative estimate of drug-likeness (QED) is 0.568. The number of aryl methyl sites for hydroxylation is 2. The summed E-state index contributed by atoms with van der Waals surface area (Å²) in [6.07, 6.45) is 1.55. The summed E-state index contributed by atoms with van der Waals surface area (Å²) in [6, 6.07) is 13.1. The average Bonchev–Trinajstić information content (AvgIpc) is 3.20. The Bertz CT molecular complexity index is 1100. The van der Waals surface area contributed by atoms with Gasteiger partial charge in [0.05, 0.1) is 18.2 Å². The van der Waals surface area contributed by atoms with Gasteiger partial charge in [0.2, 0.25) is 11.1 Å². The largest absolute Gasteiger partial charge is 0.495 e. The van der Waals surface area contributed by atoms with Gasteiger partial charge in [-0.1, -0.05) is 61.5 Å². The third-order valence-corrected chi connectivity index (χ3v) is 6.78. The van der Waals surface area contributed by atoms with Crippen molar-refractivity contribution in [1.82, 2.24) is 14.9 Å². The number of halogens is 1. The molecule has 2 atom stereocenters. The van der Waals surface area contributed by atoms with E-state index in [0.717, 1.165) is 35.5 Å². The Morgan fingerprint density at radius 1 is 1.23 bits per heavy atom. The standard InChI is InChI=1S/C22H24ClN5O2S/c1-4-13-8-6-7-9-16(13)24-21(29)20-19(14-10-11-17(30-3)15(23)12-14)27-28-18(5-2)25-26-22(28)31-20/h6-12,19-20,27H,4-5H2,1-3H3,(H,24,29)/t19-,20+/m1/s1. The highest BCUT2D eigenvalue weighted by atomic mass is 35.5.